The Balaban J connectivity index is 3.01. The van der Waals surface area contributed by atoms with Crippen LogP contribution in [-0.2, 0) is 13.2 Å². The molecule has 0 amide bonds. The van der Waals surface area contributed by atoms with Crippen molar-refractivity contribution in [2.24, 2.45) is 7.05 Å². The number of hydrogen-bond donors (Lipinski definition) is 0. The van der Waals surface area contributed by atoms with Gasteiger partial charge in [-0.1, -0.05) is 0 Å². The molecule has 17 heavy (non-hydrogen) atoms. The maximum absolute atomic E-state index is 12.8. The number of pyridine rings is 1. The fraction of sp³-hybridized carbons (Fsp3) is 0.364. The SMILES string of the molecule is Cc1cc2c(=O)c(C)c(C(F)(F)F)n(C)c2o1. The fourth-order valence-corrected chi connectivity index (χ4v) is 1.98. The minimum Gasteiger partial charge on any atom is -0.445 e. The first-order valence-electron chi connectivity index (χ1n) is 4.90. The summed E-state index contributed by atoms with van der Waals surface area (Å²) in [5.41, 5.74) is -1.97. The van der Waals surface area contributed by atoms with Gasteiger partial charge in [0.15, 0.2) is 5.43 Å². The van der Waals surface area contributed by atoms with Crippen molar-refractivity contribution < 1.29 is 17.6 Å². The summed E-state index contributed by atoms with van der Waals surface area (Å²) in [5.74, 6) is 0.409. The summed E-state index contributed by atoms with van der Waals surface area (Å²) in [6.45, 7) is 2.76. The molecular weight excluding hydrogens is 235 g/mol. The number of halogens is 3. The Bertz CT molecular complexity index is 649. The molecule has 0 saturated heterocycles. The van der Waals surface area contributed by atoms with Crippen molar-refractivity contribution >= 4 is 11.1 Å². The summed E-state index contributed by atoms with van der Waals surface area (Å²) in [6, 6.07) is 1.45. The molecule has 0 unspecified atom stereocenters. The lowest BCUT2D eigenvalue weighted by molar-refractivity contribution is -0.143. The molecule has 2 aromatic heterocycles. The maximum atomic E-state index is 12.8. The quantitative estimate of drug-likeness (QED) is 0.715. The van der Waals surface area contributed by atoms with Crippen LogP contribution >= 0.6 is 0 Å². The summed E-state index contributed by atoms with van der Waals surface area (Å²) in [5, 5.41) is 0.176. The monoisotopic (exact) mass is 245 g/mol. The highest BCUT2D eigenvalue weighted by Crippen LogP contribution is 2.32. The molecule has 0 fully saturated rings. The second kappa shape index (κ2) is 3.38. The molecule has 0 atom stereocenters. The van der Waals surface area contributed by atoms with Gasteiger partial charge in [0.05, 0.1) is 5.39 Å². The molecule has 2 aromatic rings. The maximum Gasteiger partial charge on any atom is 0.431 e. The van der Waals surface area contributed by atoms with Crippen LogP contribution in [0.4, 0.5) is 13.2 Å². The lowest BCUT2D eigenvalue weighted by Crippen LogP contribution is -2.22. The standard InChI is InChI=1S/C11H10F3NO2/c1-5-4-7-8(16)6(2)9(11(12,13)14)15(3)10(7)17-5/h4H,1-3H3. The highest BCUT2D eigenvalue weighted by Gasteiger charge is 2.37. The molecule has 0 aliphatic carbocycles. The van der Waals surface area contributed by atoms with Crippen LogP contribution in [0.25, 0.3) is 11.1 Å². The van der Waals surface area contributed by atoms with Gasteiger partial charge >= 0.3 is 6.18 Å². The highest BCUT2D eigenvalue weighted by atomic mass is 19.4. The number of alkyl halides is 3. The molecule has 0 N–H and O–H groups in total. The molecular formula is C11H10F3NO2. The normalized spacial score (nSPS) is 12.4. The first-order valence-corrected chi connectivity index (χ1v) is 4.90. The van der Waals surface area contributed by atoms with E-state index in [4.69, 9.17) is 4.42 Å². The average molecular weight is 245 g/mol. The van der Waals surface area contributed by atoms with E-state index in [0.29, 0.717) is 5.76 Å². The van der Waals surface area contributed by atoms with Crippen molar-refractivity contribution in [3.05, 3.63) is 33.3 Å². The fourth-order valence-electron chi connectivity index (χ4n) is 1.98. The summed E-state index contributed by atoms with van der Waals surface area (Å²) in [7, 11) is 1.24. The van der Waals surface area contributed by atoms with Gasteiger partial charge in [0.25, 0.3) is 0 Å². The lowest BCUT2D eigenvalue weighted by Gasteiger charge is -2.14. The van der Waals surface area contributed by atoms with Crippen LogP contribution < -0.4 is 5.43 Å². The van der Waals surface area contributed by atoms with E-state index < -0.39 is 17.3 Å². The third-order valence-electron chi connectivity index (χ3n) is 2.68. The van der Waals surface area contributed by atoms with E-state index in [1.807, 2.05) is 0 Å². The predicted octanol–water partition coefficient (Wildman–Crippen LogP) is 2.77. The Morgan fingerprint density at radius 3 is 2.41 bits per heavy atom. The van der Waals surface area contributed by atoms with Gasteiger partial charge in [0.2, 0.25) is 5.71 Å². The molecule has 3 nitrogen and oxygen atoms in total. The zero-order chi connectivity index (χ0) is 13.0. The summed E-state index contributed by atoms with van der Waals surface area (Å²) < 4.78 is 44.5. The molecule has 0 bridgehead atoms. The van der Waals surface area contributed by atoms with Crippen LogP contribution in [0.2, 0.25) is 0 Å². The van der Waals surface area contributed by atoms with Gasteiger partial charge in [-0.25, -0.2) is 0 Å². The average Bonchev–Trinajstić information content (AvgIpc) is 2.55. The number of aromatic nitrogens is 1. The van der Waals surface area contributed by atoms with E-state index >= 15 is 0 Å². The molecule has 0 aromatic carbocycles. The van der Waals surface area contributed by atoms with Crippen LogP contribution in [0.1, 0.15) is 17.0 Å². The van der Waals surface area contributed by atoms with E-state index in [0.717, 1.165) is 4.57 Å². The number of aryl methyl sites for hydroxylation is 2. The van der Waals surface area contributed by atoms with E-state index in [1.54, 1.807) is 6.92 Å². The molecule has 2 rings (SSSR count). The smallest absolute Gasteiger partial charge is 0.431 e. The minimum absolute atomic E-state index is 0.0505. The van der Waals surface area contributed by atoms with Gasteiger partial charge in [0, 0.05) is 12.6 Å². The molecule has 0 aliphatic heterocycles. The van der Waals surface area contributed by atoms with E-state index in [2.05, 4.69) is 0 Å². The van der Waals surface area contributed by atoms with Crippen LogP contribution in [0.5, 0.6) is 0 Å². The van der Waals surface area contributed by atoms with Crippen molar-refractivity contribution in [3.63, 3.8) is 0 Å². The third kappa shape index (κ3) is 1.64. The number of hydrogen-bond acceptors (Lipinski definition) is 2. The summed E-state index contributed by atoms with van der Waals surface area (Å²) in [6.07, 6.45) is -4.58. The number of fused-ring (bicyclic) bond motifs is 1. The summed E-state index contributed by atoms with van der Waals surface area (Å²) in [4.78, 5) is 11.8. The largest absolute Gasteiger partial charge is 0.445 e. The van der Waals surface area contributed by atoms with Gasteiger partial charge in [-0.2, -0.15) is 13.2 Å². The van der Waals surface area contributed by atoms with E-state index in [-0.39, 0.29) is 16.7 Å². The van der Waals surface area contributed by atoms with Crippen LogP contribution in [0.3, 0.4) is 0 Å². The molecule has 0 saturated carbocycles. The Morgan fingerprint density at radius 2 is 1.88 bits per heavy atom. The van der Waals surface area contributed by atoms with Crippen molar-refractivity contribution in [2.45, 2.75) is 20.0 Å². The van der Waals surface area contributed by atoms with E-state index in [1.165, 1.54) is 20.0 Å². The molecule has 92 valence electrons. The van der Waals surface area contributed by atoms with Crippen molar-refractivity contribution in [1.82, 2.24) is 4.57 Å². The Morgan fingerprint density at radius 1 is 1.29 bits per heavy atom. The molecule has 0 aliphatic rings. The van der Waals surface area contributed by atoms with Crippen LogP contribution in [0.15, 0.2) is 15.3 Å². The Hall–Kier alpha value is -1.72. The van der Waals surface area contributed by atoms with Gasteiger partial charge < -0.3 is 8.98 Å². The molecule has 2 heterocycles. The molecule has 0 spiro atoms. The second-order valence-electron chi connectivity index (χ2n) is 3.94. The van der Waals surface area contributed by atoms with Crippen LogP contribution in [0, 0.1) is 13.8 Å². The number of nitrogens with zero attached hydrogens (tertiary/aromatic N) is 1. The van der Waals surface area contributed by atoms with Crippen molar-refractivity contribution in [1.29, 1.82) is 0 Å². The zero-order valence-electron chi connectivity index (χ0n) is 9.47. The number of furan rings is 1. The van der Waals surface area contributed by atoms with Gasteiger partial charge in [-0.3, -0.25) is 4.79 Å². The topological polar surface area (TPSA) is 35.1 Å². The van der Waals surface area contributed by atoms with Crippen molar-refractivity contribution in [3.8, 4) is 0 Å². The molecule has 0 radical (unpaired) electrons. The van der Waals surface area contributed by atoms with Gasteiger partial charge in [0.1, 0.15) is 11.5 Å². The highest BCUT2D eigenvalue weighted by molar-refractivity contribution is 5.76. The third-order valence-corrected chi connectivity index (χ3v) is 2.68. The van der Waals surface area contributed by atoms with Gasteiger partial charge in [-0.15, -0.1) is 0 Å². The Labute approximate surface area is 94.5 Å². The first-order chi connectivity index (χ1) is 7.73. The van der Waals surface area contributed by atoms with Gasteiger partial charge in [-0.05, 0) is 19.9 Å². The van der Waals surface area contributed by atoms with Crippen molar-refractivity contribution in [2.75, 3.05) is 0 Å². The van der Waals surface area contributed by atoms with E-state index in [9.17, 15) is 18.0 Å². The lowest BCUT2D eigenvalue weighted by atomic mass is 10.1. The first kappa shape index (κ1) is 11.8. The zero-order valence-corrected chi connectivity index (χ0v) is 9.47. The summed E-state index contributed by atoms with van der Waals surface area (Å²) >= 11 is 0. The van der Waals surface area contributed by atoms with Crippen LogP contribution in [-0.4, -0.2) is 4.57 Å². The minimum atomic E-state index is -4.58. The Kier molecular flexibility index (Phi) is 2.34. The predicted molar refractivity (Wildman–Crippen MR) is 55.9 cm³/mol. The number of rotatable bonds is 0. The second-order valence-corrected chi connectivity index (χ2v) is 3.94. The molecule has 6 heteroatoms.